The first-order chi connectivity index (χ1) is 8.38. The van der Waals surface area contributed by atoms with Gasteiger partial charge in [0.05, 0.1) is 0 Å². The lowest BCUT2D eigenvalue weighted by atomic mass is 10.0. The van der Waals surface area contributed by atoms with Crippen LogP contribution in [-0.4, -0.2) is 5.25 Å². The highest BCUT2D eigenvalue weighted by Gasteiger charge is 2.13. The zero-order chi connectivity index (χ0) is 11.9. The Bertz CT molecular complexity index is 326. The van der Waals surface area contributed by atoms with Gasteiger partial charge >= 0.3 is 0 Å². The molecule has 0 amide bonds. The molecule has 1 aromatic carbocycles. The van der Waals surface area contributed by atoms with E-state index in [1.54, 1.807) is 0 Å². The topological polar surface area (TPSA) is 0 Å². The van der Waals surface area contributed by atoms with Gasteiger partial charge in [-0.1, -0.05) is 56.9 Å². The van der Waals surface area contributed by atoms with Crippen LogP contribution >= 0.6 is 11.8 Å². The van der Waals surface area contributed by atoms with Gasteiger partial charge in [0.1, 0.15) is 0 Å². The van der Waals surface area contributed by atoms with Crippen molar-refractivity contribution in [1.82, 2.24) is 0 Å². The van der Waals surface area contributed by atoms with Crippen molar-refractivity contribution in [3.63, 3.8) is 0 Å². The van der Waals surface area contributed by atoms with Crippen LogP contribution < -0.4 is 0 Å². The molecule has 0 radical (unpaired) electrons. The quantitative estimate of drug-likeness (QED) is 0.689. The van der Waals surface area contributed by atoms with Gasteiger partial charge in [0.2, 0.25) is 0 Å². The third-order valence-corrected chi connectivity index (χ3v) is 5.01. The molecule has 0 heterocycles. The van der Waals surface area contributed by atoms with Crippen molar-refractivity contribution in [3.8, 4) is 0 Å². The van der Waals surface area contributed by atoms with E-state index >= 15 is 0 Å². The van der Waals surface area contributed by atoms with Crippen molar-refractivity contribution in [2.24, 2.45) is 0 Å². The second kappa shape index (κ2) is 7.10. The summed E-state index contributed by atoms with van der Waals surface area (Å²) in [4.78, 5) is 0. The third kappa shape index (κ3) is 4.39. The monoisotopic (exact) mass is 248 g/mol. The van der Waals surface area contributed by atoms with E-state index < -0.39 is 0 Å². The van der Waals surface area contributed by atoms with Crippen molar-refractivity contribution in [1.29, 1.82) is 0 Å². The Hall–Kier alpha value is -0.430. The van der Waals surface area contributed by atoms with Crippen LogP contribution in [0.15, 0.2) is 24.3 Å². The minimum absolute atomic E-state index is 0.929. The van der Waals surface area contributed by atoms with Crippen LogP contribution in [0.5, 0.6) is 0 Å². The molecule has 0 aliphatic heterocycles. The van der Waals surface area contributed by atoms with Crippen LogP contribution in [0.2, 0.25) is 0 Å². The number of benzene rings is 1. The summed E-state index contributed by atoms with van der Waals surface area (Å²) in [5.41, 5.74) is 3.03. The van der Waals surface area contributed by atoms with E-state index in [1.807, 2.05) is 0 Å². The van der Waals surface area contributed by atoms with Crippen LogP contribution in [-0.2, 0) is 12.2 Å². The Kier molecular flexibility index (Phi) is 5.44. The Morgan fingerprint density at radius 3 is 2.65 bits per heavy atom. The summed E-state index contributed by atoms with van der Waals surface area (Å²) in [6, 6.07) is 9.17. The maximum Gasteiger partial charge on any atom is 0.0187 e. The predicted molar refractivity (Wildman–Crippen MR) is 78.6 cm³/mol. The van der Waals surface area contributed by atoms with E-state index in [0.717, 1.165) is 5.25 Å². The lowest BCUT2D eigenvalue weighted by Crippen LogP contribution is -2.08. The van der Waals surface area contributed by atoms with Crippen LogP contribution in [0, 0.1) is 0 Å². The third-order valence-electron chi connectivity index (χ3n) is 3.57. The first kappa shape index (κ1) is 13.0. The second-order valence-electron chi connectivity index (χ2n) is 5.14. The van der Waals surface area contributed by atoms with Gasteiger partial charge < -0.3 is 0 Å². The van der Waals surface area contributed by atoms with E-state index in [2.05, 4.69) is 43.0 Å². The summed E-state index contributed by atoms with van der Waals surface area (Å²) in [5.74, 6) is 1.21. The highest BCUT2D eigenvalue weighted by atomic mass is 32.2. The van der Waals surface area contributed by atoms with Crippen LogP contribution in [0.3, 0.4) is 0 Å². The Labute approximate surface area is 110 Å². The lowest BCUT2D eigenvalue weighted by molar-refractivity contribution is 0.516. The maximum absolute atomic E-state index is 2.40. The molecule has 2 rings (SSSR count). The lowest BCUT2D eigenvalue weighted by Gasteiger charge is -2.21. The molecule has 1 aliphatic rings. The average molecular weight is 248 g/mol. The SMILES string of the molecule is CCCc1cccc(CSC2CCCCC2)c1. The van der Waals surface area contributed by atoms with Gasteiger partial charge in [-0.15, -0.1) is 0 Å². The molecule has 0 saturated heterocycles. The molecule has 0 aromatic heterocycles. The number of thioether (sulfide) groups is 1. The first-order valence-electron chi connectivity index (χ1n) is 7.08. The van der Waals surface area contributed by atoms with Crippen molar-refractivity contribution < 1.29 is 0 Å². The fourth-order valence-corrected chi connectivity index (χ4v) is 3.88. The summed E-state index contributed by atoms with van der Waals surface area (Å²) >= 11 is 2.18. The molecule has 0 spiro atoms. The molecular formula is C16H24S. The zero-order valence-electron chi connectivity index (χ0n) is 11.0. The van der Waals surface area contributed by atoms with Gasteiger partial charge in [0.25, 0.3) is 0 Å². The molecule has 94 valence electrons. The molecule has 17 heavy (non-hydrogen) atoms. The van der Waals surface area contributed by atoms with E-state index in [-0.39, 0.29) is 0 Å². The molecule has 1 aromatic rings. The second-order valence-corrected chi connectivity index (χ2v) is 6.43. The highest BCUT2D eigenvalue weighted by Crippen LogP contribution is 2.30. The van der Waals surface area contributed by atoms with Gasteiger partial charge in [-0.25, -0.2) is 0 Å². The summed E-state index contributed by atoms with van der Waals surface area (Å²) < 4.78 is 0. The van der Waals surface area contributed by atoms with Gasteiger partial charge in [-0.05, 0) is 30.4 Å². The van der Waals surface area contributed by atoms with E-state index in [4.69, 9.17) is 0 Å². The minimum atomic E-state index is 0.929. The molecule has 0 bridgehead atoms. The Morgan fingerprint density at radius 1 is 1.12 bits per heavy atom. The van der Waals surface area contributed by atoms with Crippen molar-refractivity contribution in [2.45, 2.75) is 62.9 Å². The molecule has 1 heteroatoms. The molecule has 0 N–H and O–H groups in total. The molecule has 0 unspecified atom stereocenters. The molecular weight excluding hydrogens is 224 g/mol. The molecule has 1 aliphatic carbocycles. The van der Waals surface area contributed by atoms with Gasteiger partial charge in [-0.2, -0.15) is 11.8 Å². The zero-order valence-corrected chi connectivity index (χ0v) is 11.8. The number of hydrogen-bond acceptors (Lipinski definition) is 1. The summed E-state index contributed by atoms with van der Waals surface area (Å²) in [6.45, 7) is 2.25. The van der Waals surface area contributed by atoms with E-state index in [9.17, 15) is 0 Å². The molecule has 0 atom stereocenters. The largest absolute Gasteiger partial charge is 0.154 e. The predicted octanol–water partition coefficient (Wildman–Crippen LogP) is 5.21. The van der Waals surface area contributed by atoms with Crippen molar-refractivity contribution in [2.75, 3.05) is 0 Å². The Morgan fingerprint density at radius 2 is 1.88 bits per heavy atom. The first-order valence-corrected chi connectivity index (χ1v) is 8.13. The van der Waals surface area contributed by atoms with Gasteiger partial charge in [0.15, 0.2) is 0 Å². The maximum atomic E-state index is 2.40. The average Bonchev–Trinajstić information content (AvgIpc) is 2.39. The van der Waals surface area contributed by atoms with Gasteiger partial charge in [0, 0.05) is 11.0 Å². The van der Waals surface area contributed by atoms with Gasteiger partial charge in [-0.3, -0.25) is 0 Å². The molecule has 1 saturated carbocycles. The number of hydrogen-bond donors (Lipinski definition) is 0. The fraction of sp³-hybridized carbons (Fsp3) is 0.625. The molecule has 0 nitrogen and oxygen atoms in total. The summed E-state index contributed by atoms with van der Waals surface area (Å²) in [5, 5.41) is 0.929. The molecule has 1 fully saturated rings. The number of aryl methyl sites for hydroxylation is 1. The normalized spacial score (nSPS) is 17.2. The van der Waals surface area contributed by atoms with Crippen molar-refractivity contribution in [3.05, 3.63) is 35.4 Å². The van der Waals surface area contributed by atoms with Crippen LogP contribution in [0.1, 0.15) is 56.6 Å². The Balaban J connectivity index is 1.83. The number of rotatable bonds is 5. The summed E-state index contributed by atoms with van der Waals surface area (Å²) in [7, 11) is 0. The van der Waals surface area contributed by atoms with Crippen LogP contribution in [0.4, 0.5) is 0 Å². The highest BCUT2D eigenvalue weighted by molar-refractivity contribution is 7.99. The van der Waals surface area contributed by atoms with E-state index in [0.29, 0.717) is 0 Å². The standard InChI is InChI=1S/C16H24S/c1-2-7-14-8-6-9-15(12-14)13-17-16-10-4-3-5-11-16/h6,8-9,12,16H,2-5,7,10-11,13H2,1H3. The summed E-state index contributed by atoms with van der Waals surface area (Å²) in [6.07, 6.45) is 9.73. The van der Waals surface area contributed by atoms with E-state index in [1.165, 1.54) is 61.8 Å². The minimum Gasteiger partial charge on any atom is -0.154 e. The van der Waals surface area contributed by atoms with Crippen molar-refractivity contribution >= 4 is 11.8 Å². The smallest absolute Gasteiger partial charge is 0.0187 e. The van der Waals surface area contributed by atoms with Crippen LogP contribution in [0.25, 0.3) is 0 Å². The fourth-order valence-electron chi connectivity index (χ4n) is 2.61.